The molecule has 1 aliphatic heterocycles. The molecule has 2 N–H and O–H groups in total. The molecule has 0 atom stereocenters. The van der Waals surface area contributed by atoms with Gasteiger partial charge < -0.3 is 10.4 Å². The number of aliphatic imine (C=N–C) groups is 1. The fourth-order valence-electron chi connectivity index (χ4n) is 2.80. The van der Waals surface area contributed by atoms with Crippen molar-refractivity contribution < 1.29 is 48.6 Å². The first-order chi connectivity index (χ1) is 15.9. The second-order valence-electron chi connectivity index (χ2n) is 6.72. The average molecular weight is 503 g/mol. The van der Waals surface area contributed by atoms with E-state index in [0.717, 1.165) is 28.6 Å². The first-order valence-electron chi connectivity index (χ1n) is 9.75. The number of benzene rings is 3. The Balaban J connectivity index is 0.000000758. The van der Waals surface area contributed by atoms with Gasteiger partial charge in [0.25, 0.3) is 11.9 Å². The van der Waals surface area contributed by atoms with Gasteiger partial charge in [-0.1, -0.05) is 24.3 Å². The van der Waals surface area contributed by atoms with Crippen LogP contribution in [0.4, 0.5) is 10.1 Å². The van der Waals surface area contributed by atoms with Gasteiger partial charge in [-0.2, -0.15) is 18.2 Å². The first kappa shape index (κ1) is 27.9. The van der Waals surface area contributed by atoms with Crippen molar-refractivity contribution in [2.24, 2.45) is 4.99 Å². The third kappa shape index (κ3) is 8.14. The van der Waals surface area contributed by atoms with Crippen LogP contribution < -0.4 is 34.9 Å². The summed E-state index contributed by atoms with van der Waals surface area (Å²) in [6.07, 6.45) is 3.57. The predicted octanol–water partition coefficient (Wildman–Crippen LogP) is 3.00. The van der Waals surface area contributed by atoms with Crippen molar-refractivity contribution in [1.82, 2.24) is 5.32 Å². The quantitative estimate of drug-likeness (QED) is 0.248. The number of amidine groups is 1. The normalized spacial score (nSPS) is 14.7. The number of aliphatic carboxylic acids is 1. The smallest absolute Gasteiger partial charge is 0.481 e. The topological polar surface area (TPSA) is 78.8 Å². The van der Waals surface area contributed by atoms with Gasteiger partial charge in [0.2, 0.25) is 0 Å². The molecule has 0 spiro atoms. The number of nitrogens with one attached hydrogen (secondary N) is 1. The largest absolute Gasteiger partial charge is 1.00 e. The van der Waals surface area contributed by atoms with E-state index in [9.17, 15) is 9.18 Å². The molecule has 0 aromatic heterocycles. The molecule has 0 bridgehead atoms. The van der Waals surface area contributed by atoms with Crippen LogP contribution in [0.15, 0.2) is 81.5 Å². The number of carbonyl (C=O) groups is 2. The van der Waals surface area contributed by atoms with E-state index in [1.165, 1.54) is 17.8 Å². The van der Waals surface area contributed by atoms with Crippen molar-refractivity contribution in [3.63, 3.8) is 0 Å². The van der Waals surface area contributed by atoms with Crippen LogP contribution in [-0.4, -0.2) is 28.4 Å². The van der Waals surface area contributed by atoms with Gasteiger partial charge in [-0.05, 0) is 59.1 Å². The van der Waals surface area contributed by atoms with Crippen molar-refractivity contribution in [3.05, 3.63) is 89.1 Å². The molecule has 3 aromatic carbocycles. The number of nitrogens with zero attached hydrogens (tertiary/aromatic N) is 1. The molecule has 1 fully saturated rings. The van der Waals surface area contributed by atoms with Crippen LogP contribution in [0.25, 0.3) is 17.2 Å². The molecule has 0 aliphatic carbocycles. The van der Waals surface area contributed by atoms with E-state index in [1.54, 1.807) is 48.2 Å². The molecule has 1 amide bonds. The molecule has 3 aromatic rings. The number of carbonyl (C=O) groups excluding carboxylic acids is 1. The number of hydrogen-bond acceptors (Lipinski definition) is 5. The monoisotopic (exact) mass is 502 g/mol. The van der Waals surface area contributed by atoms with E-state index in [4.69, 9.17) is 9.90 Å². The van der Waals surface area contributed by atoms with Gasteiger partial charge in [0.15, 0.2) is 5.17 Å². The maximum absolute atomic E-state index is 14.7. The molecule has 0 saturated carbocycles. The molecule has 0 unspecified atom stereocenters. The van der Waals surface area contributed by atoms with Gasteiger partial charge in [-0.25, -0.2) is 4.39 Å². The summed E-state index contributed by atoms with van der Waals surface area (Å²) in [5.41, 5.74) is 2.82. The second kappa shape index (κ2) is 13.5. The maximum atomic E-state index is 14.7. The van der Waals surface area contributed by atoms with Crippen LogP contribution in [-0.2, 0) is 9.59 Å². The molecule has 1 aliphatic rings. The van der Waals surface area contributed by atoms with Crippen LogP contribution in [0.1, 0.15) is 12.5 Å². The van der Waals surface area contributed by atoms with E-state index >= 15 is 0 Å². The van der Waals surface area contributed by atoms with Crippen molar-refractivity contribution >= 4 is 52.3 Å². The molecular formula is C25H20FN2NaO3S2. The number of rotatable bonds is 4. The number of amides is 1. The minimum atomic E-state index is -0.833. The van der Waals surface area contributed by atoms with Gasteiger partial charge in [-0.15, -0.1) is 23.9 Å². The zero-order chi connectivity index (χ0) is 23.8. The molecule has 5 nitrogen and oxygen atoms in total. The summed E-state index contributed by atoms with van der Waals surface area (Å²) in [6.45, 7) is 1.08. The SMILES string of the molecule is CC(=O)O.CSc1ccc(-c2ccc(/C=C3/SC(=Nc4cc[c-]cc4)NC3=O)c(F)c2)cc1.[Na+]. The zero-order valence-electron chi connectivity index (χ0n) is 18.8. The van der Waals surface area contributed by atoms with Crippen molar-refractivity contribution in [2.75, 3.05) is 6.26 Å². The van der Waals surface area contributed by atoms with Gasteiger partial charge in [0.1, 0.15) is 5.82 Å². The Morgan fingerprint density at radius 1 is 1.12 bits per heavy atom. The summed E-state index contributed by atoms with van der Waals surface area (Å²) < 4.78 is 14.7. The van der Waals surface area contributed by atoms with E-state index in [1.807, 2.05) is 36.6 Å². The third-order valence-corrected chi connectivity index (χ3v) is 5.95. The number of halogens is 1. The van der Waals surface area contributed by atoms with Crippen LogP contribution in [0.3, 0.4) is 0 Å². The Kier molecular flexibility index (Phi) is 11.1. The minimum absolute atomic E-state index is 0. The van der Waals surface area contributed by atoms with Crippen molar-refractivity contribution in [1.29, 1.82) is 0 Å². The van der Waals surface area contributed by atoms with E-state index in [2.05, 4.69) is 16.4 Å². The Labute approximate surface area is 228 Å². The molecule has 9 heteroatoms. The van der Waals surface area contributed by atoms with Crippen LogP contribution in [0.2, 0.25) is 0 Å². The molecule has 34 heavy (non-hydrogen) atoms. The van der Waals surface area contributed by atoms with Crippen LogP contribution in [0, 0.1) is 11.9 Å². The molecule has 4 rings (SSSR count). The maximum Gasteiger partial charge on any atom is 1.00 e. The summed E-state index contributed by atoms with van der Waals surface area (Å²) in [6, 6.07) is 23.0. The average Bonchev–Trinajstić information content (AvgIpc) is 3.14. The zero-order valence-corrected chi connectivity index (χ0v) is 22.5. The van der Waals surface area contributed by atoms with E-state index in [-0.39, 0.29) is 41.3 Å². The number of carboxylic acid groups (broad SMARTS) is 1. The standard InChI is InChI=1S/C23H16FN2OS2.C2H4O2.Na/c1-28-19-11-9-15(10-12-19)16-7-8-17(20(24)13-16)14-21-22(27)26-23(29-21)25-18-5-3-2-4-6-18;1-2(3)4;/h3-14H,1H3,(H,25,26,27);1H3,(H,3,4);/q-1;;+1/b21-14+;;. The molecule has 1 saturated heterocycles. The Bertz CT molecular complexity index is 1210. The number of thioether (sulfide) groups is 2. The Morgan fingerprint density at radius 2 is 1.74 bits per heavy atom. The Hall–Kier alpha value is -2.36. The number of carboxylic acids is 1. The van der Waals surface area contributed by atoms with Gasteiger partial charge in [-0.3, -0.25) is 14.6 Å². The third-order valence-electron chi connectivity index (χ3n) is 4.29. The van der Waals surface area contributed by atoms with Gasteiger partial charge >= 0.3 is 29.6 Å². The predicted molar refractivity (Wildman–Crippen MR) is 133 cm³/mol. The summed E-state index contributed by atoms with van der Waals surface area (Å²) >= 11 is 2.86. The first-order valence-corrected chi connectivity index (χ1v) is 11.8. The second-order valence-corrected chi connectivity index (χ2v) is 8.63. The molecule has 168 valence electrons. The van der Waals surface area contributed by atoms with Gasteiger partial charge in [0.05, 0.1) is 4.91 Å². The summed E-state index contributed by atoms with van der Waals surface area (Å²) in [5, 5.41) is 10.6. The summed E-state index contributed by atoms with van der Waals surface area (Å²) in [5.74, 6) is -1.49. The van der Waals surface area contributed by atoms with Crippen molar-refractivity contribution in [3.8, 4) is 11.1 Å². The van der Waals surface area contributed by atoms with Crippen LogP contribution in [0.5, 0.6) is 0 Å². The molecule has 1 heterocycles. The fraction of sp³-hybridized carbons (Fsp3) is 0.0800. The van der Waals surface area contributed by atoms with Crippen LogP contribution >= 0.6 is 23.5 Å². The summed E-state index contributed by atoms with van der Waals surface area (Å²) in [7, 11) is 0. The van der Waals surface area contributed by atoms with E-state index < -0.39 is 5.97 Å². The minimum Gasteiger partial charge on any atom is -0.481 e. The Morgan fingerprint density at radius 3 is 2.32 bits per heavy atom. The van der Waals surface area contributed by atoms with Crippen molar-refractivity contribution in [2.45, 2.75) is 11.8 Å². The summed E-state index contributed by atoms with van der Waals surface area (Å²) in [4.78, 5) is 27.2. The van der Waals surface area contributed by atoms with Gasteiger partial charge in [0, 0.05) is 17.4 Å². The molecular weight excluding hydrogens is 482 g/mol. The number of hydrogen-bond donors (Lipinski definition) is 2. The van der Waals surface area contributed by atoms with E-state index in [0.29, 0.717) is 15.6 Å². The fourth-order valence-corrected chi connectivity index (χ4v) is 4.04. The molecule has 0 radical (unpaired) electrons.